The van der Waals surface area contributed by atoms with Crippen LogP contribution < -0.4 is 0 Å². The van der Waals surface area contributed by atoms with Crippen LogP contribution in [0.15, 0.2) is 0 Å². The first-order valence-corrected chi connectivity index (χ1v) is 3.69. The Hall–Kier alpha value is -0.510. The molecule has 0 aromatic heterocycles. The third-order valence-corrected chi connectivity index (χ3v) is 1.10. The molecule has 1 heteroatoms. The number of hydrogen-bond acceptors (Lipinski definition) is 0. The molecule has 11 heavy (non-hydrogen) atoms. The minimum absolute atomic E-state index is 0. The van der Waals surface area contributed by atoms with Crippen LogP contribution in [0, 0.1) is 23.7 Å². The number of hydrogen-bond donors (Lipinski definition) is 0. The molecule has 0 fully saturated rings. The molecule has 0 N–H and O–H groups in total. The summed E-state index contributed by atoms with van der Waals surface area (Å²) in [6.07, 6.45) is -0.956. The first kappa shape index (κ1) is 13.1. The van der Waals surface area contributed by atoms with Crippen LogP contribution in [0.5, 0.6) is 0 Å². The minimum atomic E-state index is -0.956. The fourth-order valence-electron chi connectivity index (χ4n) is 0.413. The Morgan fingerprint density at radius 1 is 1.00 bits per heavy atom. The van der Waals surface area contributed by atoms with Gasteiger partial charge in [-0.3, -0.25) is 0 Å². The molecule has 0 nitrogen and oxygen atoms in total. The van der Waals surface area contributed by atoms with Crippen molar-refractivity contribution in [2.24, 2.45) is 11.8 Å². The van der Waals surface area contributed by atoms with Gasteiger partial charge in [-0.1, -0.05) is 47.0 Å². The minimum Gasteiger partial charge on any atom is -0.233 e. The fraction of sp³-hybridized carbons (Fsp3) is 0.800. The predicted octanol–water partition coefficient (Wildman–Crippen LogP) is 3.28. The summed E-state index contributed by atoms with van der Waals surface area (Å²) in [5.74, 6) is 5.66. The highest BCUT2D eigenvalue weighted by Crippen LogP contribution is 2.04. The fourth-order valence-corrected chi connectivity index (χ4v) is 0.413. The molecule has 0 saturated heterocycles. The SMILES string of the molecule is C.CC(C)C#CC(F)C(C)C. The maximum absolute atomic E-state index is 12.7. The van der Waals surface area contributed by atoms with E-state index in [4.69, 9.17) is 0 Å². The van der Waals surface area contributed by atoms with Crippen LogP contribution in [0.3, 0.4) is 0 Å². The van der Waals surface area contributed by atoms with Crippen LogP contribution >= 0.6 is 0 Å². The quantitative estimate of drug-likeness (QED) is 0.514. The molecule has 0 saturated carbocycles. The Morgan fingerprint density at radius 3 is 1.73 bits per heavy atom. The molecular weight excluding hydrogens is 139 g/mol. The average Bonchev–Trinajstić information content (AvgIpc) is 1.82. The number of halogens is 1. The zero-order valence-electron chi connectivity index (χ0n) is 7.11. The van der Waals surface area contributed by atoms with E-state index >= 15 is 0 Å². The second-order valence-corrected chi connectivity index (χ2v) is 3.09. The van der Waals surface area contributed by atoms with Gasteiger partial charge in [0.25, 0.3) is 0 Å². The summed E-state index contributed by atoms with van der Waals surface area (Å²) in [5, 5.41) is 0. The van der Waals surface area contributed by atoms with Crippen molar-refractivity contribution >= 4 is 0 Å². The van der Waals surface area contributed by atoms with E-state index in [1.807, 2.05) is 27.7 Å². The van der Waals surface area contributed by atoms with Crippen molar-refractivity contribution in [1.29, 1.82) is 0 Å². The van der Waals surface area contributed by atoms with Gasteiger partial charge >= 0.3 is 0 Å². The van der Waals surface area contributed by atoms with Crippen molar-refractivity contribution < 1.29 is 4.39 Å². The van der Waals surface area contributed by atoms with E-state index in [-0.39, 0.29) is 19.3 Å². The Balaban J connectivity index is 0. The van der Waals surface area contributed by atoms with Crippen LogP contribution in [0.4, 0.5) is 4.39 Å². The van der Waals surface area contributed by atoms with Gasteiger partial charge in [-0.15, -0.1) is 0 Å². The van der Waals surface area contributed by atoms with Gasteiger partial charge in [0.2, 0.25) is 0 Å². The molecule has 0 aliphatic carbocycles. The van der Waals surface area contributed by atoms with Crippen molar-refractivity contribution in [2.75, 3.05) is 0 Å². The summed E-state index contributed by atoms with van der Waals surface area (Å²) < 4.78 is 12.7. The predicted molar refractivity (Wildman–Crippen MR) is 49.1 cm³/mol. The summed E-state index contributed by atoms with van der Waals surface area (Å²) in [5.41, 5.74) is 0. The van der Waals surface area contributed by atoms with E-state index in [0.717, 1.165) is 0 Å². The van der Waals surface area contributed by atoms with E-state index in [0.29, 0.717) is 0 Å². The summed E-state index contributed by atoms with van der Waals surface area (Å²) >= 11 is 0. The molecule has 0 spiro atoms. The van der Waals surface area contributed by atoms with Crippen molar-refractivity contribution in [3.05, 3.63) is 0 Å². The molecule has 0 heterocycles. The van der Waals surface area contributed by atoms with E-state index in [9.17, 15) is 4.39 Å². The van der Waals surface area contributed by atoms with Crippen LogP contribution in [-0.4, -0.2) is 6.17 Å². The zero-order valence-corrected chi connectivity index (χ0v) is 7.11. The van der Waals surface area contributed by atoms with Crippen molar-refractivity contribution in [2.45, 2.75) is 41.3 Å². The molecule has 0 amide bonds. The standard InChI is InChI=1S/C9H15F.CH4/c1-7(2)5-6-9(10)8(3)4;/h7-9H,1-4H3;1H4. The van der Waals surface area contributed by atoms with E-state index in [1.54, 1.807) is 0 Å². The van der Waals surface area contributed by atoms with Crippen molar-refractivity contribution in [1.82, 2.24) is 0 Å². The Bertz CT molecular complexity index is 137. The smallest absolute Gasteiger partial charge is 0.162 e. The van der Waals surface area contributed by atoms with E-state index < -0.39 is 6.17 Å². The van der Waals surface area contributed by atoms with E-state index in [1.165, 1.54) is 0 Å². The molecule has 0 bridgehead atoms. The van der Waals surface area contributed by atoms with Crippen LogP contribution in [0.2, 0.25) is 0 Å². The Morgan fingerprint density at radius 2 is 1.45 bits per heavy atom. The largest absolute Gasteiger partial charge is 0.233 e. The molecule has 0 rings (SSSR count). The van der Waals surface area contributed by atoms with Crippen LogP contribution in [0.25, 0.3) is 0 Å². The molecule has 0 radical (unpaired) electrons. The molecule has 0 aromatic carbocycles. The number of alkyl halides is 1. The lowest BCUT2D eigenvalue weighted by molar-refractivity contribution is 0.325. The Kier molecular flexibility index (Phi) is 7.41. The molecule has 1 unspecified atom stereocenters. The highest BCUT2D eigenvalue weighted by molar-refractivity contribution is 5.07. The van der Waals surface area contributed by atoms with E-state index in [2.05, 4.69) is 11.8 Å². The van der Waals surface area contributed by atoms with Crippen LogP contribution in [-0.2, 0) is 0 Å². The maximum atomic E-state index is 12.7. The van der Waals surface area contributed by atoms with Gasteiger partial charge in [-0.25, -0.2) is 4.39 Å². The third-order valence-electron chi connectivity index (χ3n) is 1.10. The van der Waals surface area contributed by atoms with Crippen molar-refractivity contribution in [3.8, 4) is 11.8 Å². The lowest BCUT2D eigenvalue weighted by Crippen LogP contribution is -2.05. The lowest BCUT2D eigenvalue weighted by atomic mass is 10.1. The van der Waals surface area contributed by atoms with Gasteiger partial charge in [0.15, 0.2) is 6.17 Å². The second-order valence-electron chi connectivity index (χ2n) is 3.09. The molecule has 66 valence electrons. The molecule has 0 aromatic rings. The van der Waals surface area contributed by atoms with Gasteiger partial charge in [-0.2, -0.15) is 0 Å². The third kappa shape index (κ3) is 7.39. The van der Waals surface area contributed by atoms with Gasteiger partial charge in [0.05, 0.1) is 0 Å². The maximum Gasteiger partial charge on any atom is 0.162 e. The van der Waals surface area contributed by atoms with Crippen LogP contribution in [0.1, 0.15) is 35.1 Å². The first-order chi connectivity index (χ1) is 4.54. The monoisotopic (exact) mass is 158 g/mol. The summed E-state index contributed by atoms with van der Waals surface area (Å²) in [6.45, 7) is 7.58. The van der Waals surface area contributed by atoms with Crippen molar-refractivity contribution in [3.63, 3.8) is 0 Å². The summed E-state index contributed by atoms with van der Waals surface area (Å²) in [7, 11) is 0. The number of rotatable bonds is 1. The topological polar surface area (TPSA) is 0 Å². The molecule has 0 aliphatic rings. The van der Waals surface area contributed by atoms with Gasteiger partial charge in [0, 0.05) is 5.92 Å². The highest BCUT2D eigenvalue weighted by Gasteiger charge is 2.05. The lowest BCUT2D eigenvalue weighted by Gasteiger charge is -2.02. The highest BCUT2D eigenvalue weighted by atomic mass is 19.1. The zero-order chi connectivity index (χ0) is 8.15. The average molecular weight is 158 g/mol. The van der Waals surface area contributed by atoms with Gasteiger partial charge in [-0.05, 0) is 5.92 Å². The molecule has 0 aliphatic heterocycles. The summed E-state index contributed by atoms with van der Waals surface area (Å²) in [4.78, 5) is 0. The normalized spacial score (nSPS) is 11.9. The second kappa shape index (κ2) is 6.22. The summed E-state index contributed by atoms with van der Waals surface area (Å²) in [6, 6.07) is 0. The Labute approximate surface area is 70.2 Å². The molecular formula is C10H19F. The first-order valence-electron chi connectivity index (χ1n) is 3.69. The van der Waals surface area contributed by atoms with Gasteiger partial charge in [0.1, 0.15) is 0 Å². The van der Waals surface area contributed by atoms with Gasteiger partial charge < -0.3 is 0 Å². The molecule has 1 atom stereocenters.